The molecule has 2 saturated heterocycles. The van der Waals surface area contributed by atoms with Gasteiger partial charge in [-0.15, -0.1) is 0 Å². The van der Waals surface area contributed by atoms with Gasteiger partial charge in [0.25, 0.3) is 0 Å². The van der Waals surface area contributed by atoms with Gasteiger partial charge in [0.15, 0.2) is 5.78 Å². The smallest absolute Gasteiger partial charge is 0.160 e. The minimum absolute atomic E-state index is 0.0421. The number of ether oxygens (including phenoxy) is 2. The van der Waals surface area contributed by atoms with Crippen LogP contribution in [0.2, 0.25) is 0 Å². The van der Waals surface area contributed by atoms with Gasteiger partial charge in [-0.3, -0.25) is 9.59 Å². The summed E-state index contributed by atoms with van der Waals surface area (Å²) in [7, 11) is 0. The quantitative estimate of drug-likeness (QED) is 0.194. The Morgan fingerprint density at radius 3 is 2.17 bits per heavy atom. The fourth-order valence-electron chi connectivity index (χ4n) is 22.7. The number of carbonyl (C=O) groups is 2. The standard InChI is InChI=1S/C70H98N2O6/c1-63(2)62(78-63)53(74)37-64(3)29-22-46-40-71-58-49(34-43-32-47(44-18-10-8-11-19-44)35-48(33-43)45-24-31-77-70(36-45)27-14-9-15-28-70)41-72(59(46)58)42-51-56-57(64)52(73)38-66(56,5)65(4)30-23-54-67(6,50-20-12-13-21-50)55(75)39-69(25-16-17-26-69)68(54,7)61(65)60(51)76/h32-33,35,40-41,44-45,50-51,53-54,60-62,71,74,76H,8-31,34,36-39,42H2,1-7H3/t45-,51+,53+,54-,60+,61-,62+,64-,65-,66-,67-,68+/m0/s1. The van der Waals surface area contributed by atoms with Gasteiger partial charge in [0.2, 0.25) is 0 Å². The van der Waals surface area contributed by atoms with Crippen molar-refractivity contribution < 1.29 is 29.3 Å². The zero-order valence-electron chi connectivity index (χ0n) is 49.3. The van der Waals surface area contributed by atoms with Crippen molar-refractivity contribution in [2.24, 2.45) is 56.2 Å². The van der Waals surface area contributed by atoms with E-state index in [0.717, 1.165) is 95.7 Å². The summed E-state index contributed by atoms with van der Waals surface area (Å²) in [5, 5.41) is 26.7. The first-order valence-electron chi connectivity index (χ1n) is 32.6. The van der Waals surface area contributed by atoms with Crippen molar-refractivity contribution in [3.63, 3.8) is 0 Å². The van der Waals surface area contributed by atoms with E-state index in [9.17, 15) is 10.2 Å². The summed E-state index contributed by atoms with van der Waals surface area (Å²) >= 11 is 0. The molecular weight excluding hydrogens is 965 g/mol. The number of Topliss-reactive ketones (excluding diaryl/α,β-unsaturated/α-hetero) is 2. The summed E-state index contributed by atoms with van der Waals surface area (Å²) < 4.78 is 15.4. The maximum atomic E-state index is 15.8. The van der Waals surface area contributed by atoms with Crippen LogP contribution in [0.1, 0.15) is 255 Å². The minimum Gasteiger partial charge on any atom is -0.392 e. The predicted octanol–water partition coefficient (Wildman–Crippen LogP) is 15.1. The fourth-order valence-corrected chi connectivity index (χ4v) is 22.7. The van der Waals surface area contributed by atoms with Crippen molar-refractivity contribution in [1.29, 1.82) is 0 Å². The molecule has 424 valence electrons. The highest BCUT2D eigenvalue weighted by Crippen LogP contribution is 2.81. The number of hydrogen-bond acceptors (Lipinski definition) is 6. The molecule has 8 aliphatic carbocycles. The number of hydrogen-bond donors (Lipinski definition) is 3. The normalized spacial score (nSPS) is 40.6. The van der Waals surface area contributed by atoms with Crippen LogP contribution in [0.5, 0.6) is 0 Å². The first-order valence-corrected chi connectivity index (χ1v) is 32.6. The number of rotatable bonds is 8. The number of aromatic amines is 1. The van der Waals surface area contributed by atoms with Crippen molar-refractivity contribution in [3.05, 3.63) is 69.6 Å². The Kier molecular flexibility index (Phi) is 12.6. The first kappa shape index (κ1) is 53.0. The van der Waals surface area contributed by atoms with Gasteiger partial charge >= 0.3 is 0 Å². The summed E-state index contributed by atoms with van der Waals surface area (Å²) in [6.45, 7) is 17.9. The summed E-state index contributed by atoms with van der Waals surface area (Å²) in [4.78, 5) is 35.0. The van der Waals surface area contributed by atoms with Gasteiger partial charge < -0.3 is 29.2 Å². The van der Waals surface area contributed by atoms with E-state index in [1.807, 2.05) is 0 Å². The molecule has 3 aliphatic heterocycles. The Hall–Kier alpha value is -3.04. The Balaban J connectivity index is 0.911. The summed E-state index contributed by atoms with van der Waals surface area (Å²) in [5.74, 6) is 2.07. The molecule has 3 N–H and O–H groups in total. The molecule has 2 spiro atoms. The number of allylic oxidation sites excluding steroid dienone is 1. The molecule has 8 heteroatoms. The minimum atomic E-state index is -0.717. The van der Waals surface area contributed by atoms with E-state index in [0.29, 0.717) is 49.3 Å². The molecule has 3 aromatic rings. The van der Waals surface area contributed by atoms with Crippen LogP contribution in [0.15, 0.2) is 41.7 Å². The van der Waals surface area contributed by atoms with Crippen molar-refractivity contribution in [3.8, 4) is 0 Å². The van der Waals surface area contributed by atoms with Gasteiger partial charge in [0, 0.05) is 67.1 Å². The van der Waals surface area contributed by atoms with E-state index in [-0.39, 0.29) is 51.5 Å². The zero-order valence-corrected chi connectivity index (χ0v) is 49.3. The van der Waals surface area contributed by atoms with Crippen LogP contribution >= 0.6 is 0 Å². The van der Waals surface area contributed by atoms with Gasteiger partial charge in [-0.1, -0.05) is 117 Å². The molecule has 0 unspecified atom stereocenters. The lowest BCUT2D eigenvalue weighted by atomic mass is 9.29. The maximum absolute atomic E-state index is 15.8. The number of aliphatic hydroxyl groups excluding tert-OH is 2. The highest BCUT2D eigenvalue weighted by Gasteiger charge is 2.78. The second kappa shape index (κ2) is 18.5. The average molecular weight is 1060 g/mol. The third kappa shape index (κ3) is 7.67. The largest absolute Gasteiger partial charge is 0.392 e. The Bertz CT molecular complexity index is 2890. The maximum Gasteiger partial charge on any atom is 0.160 e. The number of ketones is 2. The second-order valence-corrected chi connectivity index (χ2v) is 31.1. The number of benzene rings is 1. The molecule has 14 rings (SSSR count). The van der Waals surface area contributed by atoms with E-state index < -0.39 is 34.1 Å². The highest BCUT2D eigenvalue weighted by molar-refractivity contribution is 6.02. The summed E-state index contributed by atoms with van der Waals surface area (Å²) in [6, 6.07) is 7.81. The lowest BCUT2D eigenvalue weighted by Gasteiger charge is -2.74. The van der Waals surface area contributed by atoms with Crippen LogP contribution in [-0.4, -0.2) is 67.5 Å². The topological polar surface area (TPSA) is 117 Å². The molecular formula is C70H98N2O6. The van der Waals surface area contributed by atoms with E-state index in [1.165, 1.54) is 116 Å². The van der Waals surface area contributed by atoms with Crippen molar-refractivity contribution in [2.45, 2.75) is 276 Å². The van der Waals surface area contributed by atoms with Gasteiger partial charge in [0.05, 0.1) is 34.4 Å². The number of fused-ring (bicyclic) bond motifs is 5. The van der Waals surface area contributed by atoms with Crippen LogP contribution in [0.3, 0.4) is 0 Å². The van der Waals surface area contributed by atoms with Crippen LogP contribution in [-0.2, 0) is 38.4 Å². The van der Waals surface area contributed by atoms with E-state index >= 15 is 9.59 Å². The van der Waals surface area contributed by atoms with Crippen molar-refractivity contribution in [2.75, 3.05) is 6.61 Å². The van der Waals surface area contributed by atoms with E-state index in [4.69, 9.17) is 9.47 Å². The number of epoxide rings is 1. The predicted molar refractivity (Wildman–Crippen MR) is 308 cm³/mol. The number of H-pyrrole nitrogens is 1. The number of nitrogens with zero attached hydrogens (tertiary/aromatic N) is 1. The molecule has 8 nitrogen and oxygen atoms in total. The molecule has 12 atom stereocenters. The van der Waals surface area contributed by atoms with Crippen LogP contribution in [0, 0.1) is 56.2 Å². The molecule has 2 aromatic heterocycles. The Morgan fingerprint density at radius 2 is 1.45 bits per heavy atom. The van der Waals surface area contributed by atoms with E-state index in [2.05, 4.69) is 88.6 Å². The Labute approximate surface area is 467 Å². The number of aliphatic hydroxyl groups is 2. The highest BCUT2D eigenvalue weighted by atomic mass is 16.6. The molecule has 0 bridgehead atoms. The molecule has 0 amide bonds. The molecule has 1 aromatic carbocycles. The first-order chi connectivity index (χ1) is 37.3. The van der Waals surface area contributed by atoms with Gasteiger partial charge in [-0.2, -0.15) is 0 Å². The fraction of sp³-hybridized carbons (Fsp3) is 0.771. The molecule has 9 fully saturated rings. The van der Waals surface area contributed by atoms with Crippen LogP contribution in [0.4, 0.5) is 0 Å². The summed E-state index contributed by atoms with van der Waals surface area (Å²) in [5.41, 5.74) is 8.91. The monoisotopic (exact) mass is 1060 g/mol. The molecule has 11 aliphatic rings. The molecule has 7 saturated carbocycles. The third-order valence-corrected chi connectivity index (χ3v) is 26.9. The van der Waals surface area contributed by atoms with Crippen LogP contribution in [0.25, 0.3) is 11.0 Å². The number of carbonyl (C=O) groups excluding carboxylic acids is 2. The van der Waals surface area contributed by atoms with E-state index in [1.54, 1.807) is 5.56 Å². The third-order valence-electron chi connectivity index (χ3n) is 26.9. The lowest BCUT2D eigenvalue weighted by Crippen LogP contribution is -2.73. The Morgan fingerprint density at radius 1 is 0.769 bits per heavy atom. The second-order valence-electron chi connectivity index (χ2n) is 31.1. The zero-order chi connectivity index (χ0) is 54.0. The molecule has 0 radical (unpaired) electrons. The van der Waals surface area contributed by atoms with Crippen LogP contribution < -0.4 is 0 Å². The lowest BCUT2D eigenvalue weighted by molar-refractivity contribution is -0.266. The van der Waals surface area contributed by atoms with Gasteiger partial charge in [0.1, 0.15) is 11.9 Å². The van der Waals surface area contributed by atoms with Gasteiger partial charge in [-0.25, -0.2) is 0 Å². The SMILES string of the molecule is CC1(C)O[C@@H]1[C@H](O)C[C@]1(C)CCc2c[nH]c3c(Cc4cc(C5CCCCC5)cc([C@H]5CCOC6(CCCCC6)C5)c4)cn(c23)C[C@@H]2C3=C1C(=O)C[C@]3(C)[C@@]1(C)CC[C@@H]3[C@](C)([C@H]1[C@@H]2O)C1(CCCC1)CC(=O)[C@@]3(C)C1CCCC1. The summed E-state index contributed by atoms with van der Waals surface area (Å²) in [6.07, 6.45) is 33.0. The molecule has 5 heterocycles. The van der Waals surface area contributed by atoms with Crippen molar-refractivity contribution >= 4 is 22.6 Å². The average Bonchev–Trinajstić information content (AvgIpc) is 2.25. The molecule has 78 heavy (non-hydrogen) atoms. The number of aromatic nitrogens is 2. The van der Waals surface area contributed by atoms with Gasteiger partial charge in [-0.05, 0) is 195 Å². The number of nitrogens with one attached hydrogen (secondary N) is 1. The number of aryl methyl sites for hydroxylation is 1. The van der Waals surface area contributed by atoms with Crippen molar-refractivity contribution in [1.82, 2.24) is 9.55 Å².